The number of aliphatic hydroxyl groups excluding tert-OH is 1. The summed E-state index contributed by atoms with van der Waals surface area (Å²) in [7, 11) is 1.68. The number of anilines is 1. The van der Waals surface area contributed by atoms with E-state index in [4.69, 9.17) is 15.6 Å². The molecule has 0 spiro atoms. The molecule has 7 nitrogen and oxygen atoms in total. The van der Waals surface area contributed by atoms with E-state index in [1.807, 2.05) is 0 Å². The predicted molar refractivity (Wildman–Crippen MR) is 61.6 cm³/mol. The van der Waals surface area contributed by atoms with E-state index in [0.717, 1.165) is 0 Å². The average Bonchev–Trinajstić information content (AvgIpc) is 2.70. The van der Waals surface area contributed by atoms with Crippen molar-refractivity contribution in [2.75, 3.05) is 19.0 Å². The van der Waals surface area contributed by atoms with E-state index in [-0.39, 0.29) is 30.5 Å². The summed E-state index contributed by atoms with van der Waals surface area (Å²) in [6.07, 6.45) is 1.50. The van der Waals surface area contributed by atoms with Gasteiger partial charge in [-0.05, 0) is 0 Å². The molecular formula is C10H16N4O3. The summed E-state index contributed by atoms with van der Waals surface area (Å²) in [5, 5.41) is 11.9. The Balaban J connectivity index is 2.26. The monoisotopic (exact) mass is 240 g/mol. The number of nitrogens with one attached hydrogen (secondary N) is 1. The average molecular weight is 240 g/mol. The fraction of sp³-hybridized carbons (Fsp3) is 0.600. The molecule has 1 aromatic rings. The maximum atomic E-state index is 11.1. The van der Waals surface area contributed by atoms with Gasteiger partial charge in [-0.1, -0.05) is 0 Å². The third-order valence-electron chi connectivity index (χ3n) is 2.84. The van der Waals surface area contributed by atoms with E-state index in [2.05, 4.69) is 10.3 Å². The van der Waals surface area contributed by atoms with Crippen molar-refractivity contribution in [3.8, 4) is 0 Å². The van der Waals surface area contributed by atoms with Crippen LogP contribution < -0.4 is 16.6 Å². The lowest BCUT2D eigenvalue weighted by molar-refractivity contribution is -0.0245. The molecule has 0 aromatic carbocycles. The van der Waals surface area contributed by atoms with Crippen LogP contribution in [0.15, 0.2) is 17.1 Å². The first kappa shape index (κ1) is 12.0. The lowest BCUT2D eigenvalue weighted by Crippen LogP contribution is -2.32. The van der Waals surface area contributed by atoms with Crippen molar-refractivity contribution >= 4 is 5.95 Å². The minimum atomic E-state index is -0.371. The lowest BCUT2D eigenvalue weighted by atomic mass is 10.1. The van der Waals surface area contributed by atoms with E-state index in [9.17, 15) is 4.79 Å². The quantitative estimate of drug-likeness (QED) is 0.619. The fourth-order valence-electron chi connectivity index (χ4n) is 1.93. The molecule has 17 heavy (non-hydrogen) atoms. The molecule has 1 aliphatic heterocycles. The second-order valence-corrected chi connectivity index (χ2v) is 3.96. The Morgan fingerprint density at radius 2 is 2.53 bits per heavy atom. The zero-order valence-electron chi connectivity index (χ0n) is 9.54. The van der Waals surface area contributed by atoms with Gasteiger partial charge in [-0.3, -0.25) is 9.36 Å². The van der Waals surface area contributed by atoms with Crippen LogP contribution in [0.25, 0.3) is 0 Å². The topological polar surface area (TPSA) is 102 Å². The number of nitrogens with zero attached hydrogens (tertiary/aromatic N) is 2. The molecule has 3 atom stereocenters. The lowest BCUT2D eigenvalue weighted by Gasteiger charge is -2.18. The van der Waals surface area contributed by atoms with Crippen LogP contribution in [0.1, 0.15) is 12.6 Å². The van der Waals surface area contributed by atoms with Gasteiger partial charge >= 0.3 is 0 Å². The SMILES string of the molecule is CNc1nc(=O)ccn1[C@H]1C[C@H](N)[C@@H](CO)O1. The normalized spacial score (nSPS) is 28.3. The van der Waals surface area contributed by atoms with Crippen LogP contribution in [0.4, 0.5) is 5.95 Å². The smallest absolute Gasteiger partial charge is 0.274 e. The molecule has 0 amide bonds. The zero-order valence-corrected chi connectivity index (χ0v) is 9.54. The molecule has 7 heteroatoms. The number of rotatable bonds is 3. The summed E-state index contributed by atoms with van der Waals surface area (Å²) in [6, 6.07) is 1.15. The summed E-state index contributed by atoms with van der Waals surface area (Å²) < 4.78 is 7.30. The van der Waals surface area contributed by atoms with E-state index < -0.39 is 0 Å². The molecule has 2 heterocycles. The highest BCUT2D eigenvalue weighted by molar-refractivity contribution is 5.24. The van der Waals surface area contributed by atoms with Crippen LogP contribution in [0.3, 0.4) is 0 Å². The molecular weight excluding hydrogens is 224 g/mol. The highest BCUT2D eigenvalue weighted by atomic mass is 16.5. The molecule has 0 saturated carbocycles. The maximum absolute atomic E-state index is 11.1. The van der Waals surface area contributed by atoms with Crippen LogP contribution in [-0.4, -0.2) is 40.5 Å². The molecule has 4 N–H and O–H groups in total. The molecule has 1 saturated heterocycles. The molecule has 1 aliphatic rings. The number of hydrogen-bond donors (Lipinski definition) is 3. The predicted octanol–water partition coefficient (Wildman–Crippen LogP) is -1.11. The molecule has 0 bridgehead atoms. The van der Waals surface area contributed by atoms with E-state index in [1.54, 1.807) is 17.8 Å². The first-order valence-corrected chi connectivity index (χ1v) is 5.44. The van der Waals surface area contributed by atoms with Crippen LogP contribution in [-0.2, 0) is 4.74 Å². The van der Waals surface area contributed by atoms with Crippen molar-refractivity contribution in [3.05, 3.63) is 22.6 Å². The minimum Gasteiger partial charge on any atom is -0.394 e. The Bertz CT molecular complexity index is 447. The van der Waals surface area contributed by atoms with Gasteiger partial charge in [0.1, 0.15) is 6.23 Å². The molecule has 94 valence electrons. The van der Waals surface area contributed by atoms with Crippen molar-refractivity contribution in [1.29, 1.82) is 0 Å². The Labute approximate surface area is 98.2 Å². The minimum absolute atomic E-state index is 0.111. The van der Waals surface area contributed by atoms with Crippen LogP contribution >= 0.6 is 0 Å². The maximum Gasteiger partial charge on any atom is 0.274 e. The number of hydrogen-bond acceptors (Lipinski definition) is 6. The van der Waals surface area contributed by atoms with Crippen molar-refractivity contribution in [2.24, 2.45) is 5.73 Å². The van der Waals surface area contributed by atoms with Gasteiger partial charge in [-0.25, -0.2) is 0 Å². The van der Waals surface area contributed by atoms with Gasteiger partial charge in [0, 0.05) is 31.8 Å². The van der Waals surface area contributed by atoms with Crippen molar-refractivity contribution in [1.82, 2.24) is 9.55 Å². The number of aliphatic hydroxyl groups is 1. The van der Waals surface area contributed by atoms with Crippen molar-refractivity contribution in [3.63, 3.8) is 0 Å². The van der Waals surface area contributed by atoms with E-state index in [1.165, 1.54) is 6.07 Å². The number of ether oxygens (including phenoxy) is 1. The van der Waals surface area contributed by atoms with Gasteiger partial charge < -0.3 is 20.9 Å². The standard InChI is InChI=1S/C10H16N4O3/c1-12-10-13-8(16)2-3-14(10)9-4-6(11)7(5-15)17-9/h2-3,6-7,9,15H,4-5,11H2,1H3,(H,12,13,16)/t6-,7+,9+/m0/s1. The first-order chi connectivity index (χ1) is 8.15. The second kappa shape index (κ2) is 4.82. The summed E-state index contributed by atoms with van der Waals surface area (Å²) in [6.45, 7) is -0.111. The van der Waals surface area contributed by atoms with Crippen LogP contribution in [0.2, 0.25) is 0 Å². The van der Waals surface area contributed by atoms with Gasteiger partial charge in [-0.15, -0.1) is 0 Å². The second-order valence-electron chi connectivity index (χ2n) is 3.96. The largest absolute Gasteiger partial charge is 0.394 e. The van der Waals surface area contributed by atoms with Crippen LogP contribution in [0, 0.1) is 0 Å². The van der Waals surface area contributed by atoms with E-state index in [0.29, 0.717) is 12.4 Å². The summed E-state index contributed by atoms with van der Waals surface area (Å²) in [5.41, 5.74) is 5.52. The molecule has 1 aromatic heterocycles. The van der Waals surface area contributed by atoms with Gasteiger partial charge in [0.15, 0.2) is 0 Å². The van der Waals surface area contributed by atoms with Gasteiger partial charge in [0.25, 0.3) is 5.56 Å². The van der Waals surface area contributed by atoms with Crippen molar-refractivity contribution in [2.45, 2.75) is 24.8 Å². The van der Waals surface area contributed by atoms with Crippen LogP contribution in [0.5, 0.6) is 0 Å². The van der Waals surface area contributed by atoms with Gasteiger partial charge in [-0.2, -0.15) is 4.98 Å². The molecule has 1 fully saturated rings. The van der Waals surface area contributed by atoms with Gasteiger partial charge in [0.05, 0.1) is 12.7 Å². The molecule has 0 aliphatic carbocycles. The third-order valence-corrected chi connectivity index (χ3v) is 2.84. The summed E-state index contributed by atoms with van der Waals surface area (Å²) in [5.74, 6) is 0.424. The molecule has 2 rings (SSSR count). The third kappa shape index (κ3) is 2.31. The Kier molecular flexibility index (Phi) is 3.41. The number of aromatic nitrogens is 2. The Morgan fingerprint density at radius 3 is 3.12 bits per heavy atom. The first-order valence-electron chi connectivity index (χ1n) is 5.44. The Hall–Kier alpha value is -1.44. The van der Waals surface area contributed by atoms with Gasteiger partial charge in [0.2, 0.25) is 5.95 Å². The highest BCUT2D eigenvalue weighted by Gasteiger charge is 2.33. The fourth-order valence-corrected chi connectivity index (χ4v) is 1.93. The number of nitrogens with two attached hydrogens (primary N) is 1. The summed E-state index contributed by atoms with van der Waals surface area (Å²) >= 11 is 0. The van der Waals surface area contributed by atoms with E-state index >= 15 is 0 Å². The molecule has 0 unspecified atom stereocenters. The summed E-state index contributed by atoms with van der Waals surface area (Å²) in [4.78, 5) is 15.0. The zero-order chi connectivity index (χ0) is 12.4. The Morgan fingerprint density at radius 1 is 1.76 bits per heavy atom. The highest BCUT2D eigenvalue weighted by Crippen LogP contribution is 2.28. The molecule has 0 radical (unpaired) electrons. The van der Waals surface area contributed by atoms with Crippen molar-refractivity contribution < 1.29 is 9.84 Å².